The maximum absolute atomic E-state index is 6.49. The summed E-state index contributed by atoms with van der Waals surface area (Å²) in [5.74, 6) is 0.331. The van der Waals surface area contributed by atoms with Crippen molar-refractivity contribution in [3.8, 4) is 33.6 Å². The number of benzene rings is 6. The fourth-order valence-electron chi connectivity index (χ4n) is 10.8. The summed E-state index contributed by atoms with van der Waals surface area (Å²) in [5.41, 5.74) is 17.0. The molecule has 0 aliphatic carbocycles. The third-order valence-corrected chi connectivity index (χ3v) is 13.2. The van der Waals surface area contributed by atoms with Crippen LogP contribution < -0.4 is 9.13 Å². The highest BCUT2D eigenvalue weighted by Crippen LogP contribution is 2.48. The number of hydrogen-bond acceptors (Lipinski definition) is 1. The number of pyridine rings is 2. The molecule has 57 heavy (non-hydrogen) atoms. The molecule has 2 aliphatic rings. The largest absolute Gasteiger partial charge is 0.456 e. The van der Waals surface area contributed by atoms with Gasteiger partial charge < -0.3 is 8.82 Å². The molecule has 5 aromatic heterocycles. The van der Waals surface area contributed by atoms with E-state index in [1.54, 1.807) is 0 Å². The van der Waals surface area contributed by atoms with Crippen LogP contribution in [-0.2, 0) is 6.42 Å². The zero-order chi connectivity index (χ0) is 37.4. The number of nitrogens with zero attached hydrogens (tertiary/aromatic N) is 3. The van der Waals surface area contributed by atoms with Gasteiger partial charge in [-0.25, -0.2) is 0 Å². The number of aromatic nitrogens is 3. The number of hydrogen-bond donors (Lipinski definition) is 0. The lowest BCUT2D eigenvalue weighted by Gasteiger charge is -2.31. The average Bonchev–Trinajstić information content (AvgIpc) is 3.92. The normalized spacial score (nSPS) is 16.6. The quantitative estimate of drug-likeness (QED) is 0.154. The number of furan rings is 1. The van der Waals surface area contributed by atoms with Gasteiger partial charge in [0.05, 0.1) is 28.5 Å². The van der Waals surface area contributed by atoms with Crippen LogP contribution in [-0.4, -0.2) is 4.40 Å². The summed E-state index contributed by atoms with van der Waals surface area (Å²) >= 11 is 0. The van der Waals surface area contributed by atoms with Gasteiger partial charge in [0.1, 0.15) is 11.2 Å². The van der Waals surface area contributed by atoms with Gasteiger partial charge >= 0.3 is 0 Å². The summed E-state index contributed by atoms with van der Waals surface area (Å²) in [6, 6.07) is 56.2. The highest BCUT2D eigenvalue weighted by atomic mass is 16.3. The fraction of sp³-hybridized carbons (Fsp3) is 0.0943. The van der Waals surface area contributed by atoms with Crippen molar-refractivity contribution in [3.05, 3.63) is 182 Å². The Morgan fingerprint density at radius 1 is 0.579 bits per heavy atom. The molecule has 13 rings (SSSR count). The van der Waals surface area contributed by atoms with Gasteiger partial charge in [-0.2, -0.15) is 9.13 Å². The van der Waals surface area contributed by atoms with Crippen LogP contribution in [0.5, 0.6) is 0 Å². The predicted octanol–water partition coefficient (Wildman–Crippen LogP) is 12.5. The van der Waals surface area contributed by atoms with E-state index in [2.05, 4.69) is 178 Å². The first kappa shape index (κ1) is 31.2. The van der Waals surface area contributed by atoms with Crippen molar-refractivity contribution in [2.24, 2.45) is 0 Å². The third kappa shape index (κ3) is 4.27. The molecule has 0 amide bonds. The molecule has 268 valence electrons. The van der Waals surface area contributed by atoms with Crippen LogP contribution in [0.25, 0.3) is 99.4 Å². The molecule has 4 heteroatoms. The summed E-state index contributed by atoms with van der Waals surface area (Å²) in [7, 11) is 0. The van der Waals surface area contributed by atoms with E-state index >= 15 is 0 Å². The smallest absolute Gasteiger partial charge is 0.218 e. The van der Waals surface area contributed by atoms with Crippen molar-refractivity contribution in [2.45, 2.75) is 31.2 Å². The summed E-state index contributed by atoms with van der Waals surface area (Å²) in [6.45, 7) is 4.81. The fourth-order valence-corrected chi connectivity index (χ4v) is 10.8. The molecule has 0 radical (unpaired) electrons. The number of rotatable bonds is 1. The van der Waals surface area contributed by atoms with E-state index in [1.165, 1.54) is 88.2 Å². The summed E-state index contributed by atoms with van der Waals surface area (Å²) in [6.07, 6.45) is 7.33. The molecule has 0 saturated heterocycles. The predicted molar refractivity (Wildman–Crippen MR) is 232 cm³/mol. The van der Waals surface area contributed by atoms with Crippen molar-refractivity contribution >= 4 is 65.7 Å². The molecule has 0 saturated carbocycles. The van der Waals surface area contributed by atoms with E-state index in [-0.39, 0.29) is 6.04 Å². The highest BCUT2D eigenvalue weighted by molar-refractivity contribution is 6.32. The minimum Gasteiger partial charge on any atom is -0.456 e. The molecule has 2 aliphatic heterocycles. The summed E-state index contributed by atoms with van der Waals surface area (Å²) in [5, 5.41) is 7.41. The highest BCUT2D eigenvalue weighted by Gasteiger charge is 2.42. The lowest BCUT2D eigenvalue weighted by atomic mass is 9.77. The van der Waals surface area contributed by atoms with E-state index in [9.17, 15) is 0 Å². The molecular weight excluding hydrogens is 695 g/mol. The Balaban J connectivity index is 1.12. The topological polar surface area (TPSA) is 25.3 Å². The number of allylic oxidation sites excluding steroid dienone is 1. The van der Waals surface area contributed by atoms with Crippen molar-refractivity contribution in [1.82, 2.24) is 4.40 Å². The Bertz CT molecular complexity index is 3480. The zero-order valence-electron chi connectivity index (χ0n) is 31.3. The van der Waals surface area contributed by atoms with Crippen LogP contribution in [0.3, 0.4) is 0 Å². The van der Waals surface area contributed by atoms with Crippen LogP contribution in [0, 0.1) is 0 Å². The maximum atomic E-state index is 6.49. The van der Waals surface area contributed by atoms with Crippen molar-refractivity contribution < 1.29 is 13.6 Å². The Labute approximate surface area is 329 Å². The van der Waals surface area contributed by atoms with Crippen molar-refractivity contribution in [3.63, 3.8) is 0 Å². The van der Waals surface area contributed by atoms with Gasteiger partial charge in [0.15, 0.2) is 24.1 Å². The van der Waals surface area contributed by atoms with Gasteiger partial charge in [0.25, 0.3) is 0 Å². The molecule has 0 spiro atoms. The second kappa shape index (κ2) is 11.5. The van der Waals surface area contributed by atoms with Gasteiger partial charge in [-0.1, -0.05) is 66.7 Å². The second-order valence-electron chi connectivity index (χ2n) is 16.1. The van der Waals surface area contributed by atoms with E-state index in [1.807, 2.05) is 0 Å². The van der Waals surface area contributed by atoms with Crippen LogP contribution in [0.2, 0.25) is 0 Å². The van der Waals surface area contributed by atoms with Gasteiger partial charge in [0.2, 0.25) is 11.4 Å². The van der Waals surface area contributed by atoms with E-state index < -0.39 is 0 Å². The lowest BCUT2D eigenvalue weighted by molar-refractivity contribution is -0.720. The number of fused-ring (bicyclic) bond motifs is 19. The Kier molecular flexibility index (Phi) is 6.29. The lowest BCUT2D eigenvalue weighted by Crippen LogP contribution is -2.49. The molecule has 0 N–H and O–H groups in total. The molecule has 6 aromatic carbocycles. The molecule has 7 heterocycles. The third-order valence-electron chi connectivity index (χ3n) is 13.2. The second-order valence-corrected chi connectivity index (χ2v) is 16.1. The molecular formula is C53H37N3O+2. The van der Waals surface area contributed by atoms with Crippen LogP contribution in [0.15, 0.2) is 175 Å². The minimum atomic E-state index is 0.251. The van der Waals surface area contributed by atoms with Crippen LogP contribution in [0.1, 0.15) is 35.9 Å². The van der Waals surface area contributed by atoms with Gasteiger partial charge in [-0.15, -0.1) is 0 Å². The molecule has 0 bridgehead atoms. The Morgan fingerprint density at radius 3 is 2.30 bits per heavy atom. The standard InChI is InChI=1S/C53H37N3O/c1-32-27-47-38(36-15-5-6-16-37(36)44-18-10-12-26-55(44)47)22-21-34-30-48-41(31-40(34)45-19-9-11-25-54(32)45)42-28-35(33-13-3-2-4-14-33)29-43-51-46(56(48)53(42)43)23-24-50-52(51)39-17-7-8-20-49(39)57-50/h2-20,23-26,28-31,38,47H,1,21-22,27H2/q+2. The van der Waals surface area contributed by atoms with Gasteiger partial charge in [-0.05, 0) is 102 Å². The first-order valence-corrected chi connectivity index (χ1v) is 20.1. The molecule has 11 aromatic rings. The first-order chi connectivity index (χ1) is 28.2. The molecule has 2 atom stereocenters. The first-order valence-electron chi connectivity index (χ1n) is 20.1. The Hall–Kier alpha value is -7.04. The van der Waals surface area contributed by atoms with E-state index in [0.29, 0.717) is 5.92 Å². The molecule has 0 fully saturated rings. The summed E-state index contributed by atoms with van der Waals surface area (Å²) in [4.78, 5) is 0. The molecule has 2 unspecified atom stereocenters. The van der Waals surface area contributed by atoms with Crippen molar-refractivity contribution in [1.29, 1.82) is 0 Å². The zero-order valence-corrected chi connectivity index (χ0v) is 31.3. The van der Waals surface area contributed by atoms with E-state index in [0.717, 1.165) is 41.5 Å². The van der Waals surface area contributed by atoms with E-state index in [4.69, 9.17) is 11.0 Å². The monoisotopic (exact) mass is 731 g/mol. The number of para-hydroxylation sites is 1. The van der Waals surface area contributed by atoms with Crippen molar-refractivity contribution in [2.75, 3.05) is 0 Å². The maximum Gasteiger partial charge on any atom is 0.218 e. The SMILES string of the molecule is C=C1CC2C(CCc3cc4c(cc3-c3cccc[n+]31)c1cc(-c3ccccc3)cc3c5c6c(ccc5n4c13)oc1ccccc16)c1ccccc1-c1cccc[n+]12. The Morgan fingerprint density at radius 2 is 1.37 bits per heavy atom. The van der Waals surface area contributed by atoms with Gasteiger partial charge in [-0.3, -0.25) is 0 Å². The molecule has 4 nitrogen and oxygen atoms in total. The minimum absolute atomic E-state index is 0.251. The van der Waals surface area contributed by atoms with Crippen LogP contribution >= 0.6 is 0 Å². The number of aryl methyl sites for hydroxylation is 1. The van der Waals surface area contributed by atoms with Gasteiger partial charge in [0, 0.05) is 68.1 Å². The average molecular weight is 732 g/mol. The summed E-state index contributed by atoms with van der Waals surface area (Å²) < 4.78 is 13.9. The van der Waals surface area contributed by atoms with Crippen LogP contribution in [0.4, 0.5) is 0 Å².